The van der Waals surface area contributed by atoms with Gasteiger partial charge in [-0.15, -0.1) is 0 Å². The van der Waals surface area contributed by atoms with E-state index in [1.165, 1.54) is 5.56 Å². The molecule has 2 aromatic rings. The number of ether oxygens (including phenoxy) is 2. The average Bonchev–Trinajstić information content (AvgIpc) is 3.25. The number of hydrogen-bond acceptors (Lipinski definition) is 5. The van der Waals surface area contributed by atoms with Gasteiger partial charge < -0.3 is 19.3 Å². The minimum Gasteiger partial charge on any atom is -0.486 e. The Kier molecular flexibility index (Phi) is 6.72. The number of benzene rings is 2. The number of carbonyl (C=O) groups excluding carboxylic acids is 1. The summed E-state index contributed by atoms with van der Waals surface area (Å²) in [6.07, 6.45) is 2.74. The molecule has 0 aromatic heterocycles. The molecule has 5 rings (SSSR count). The van der Waals surface area contributed by atoms with Gasteiger partial charge in [-0.1, -0.05) is 36.4 Å². The third-order valence-corrected chi connectivity index (χ3v) is 7.42. The van der Waals surface area contributed by atoms with Crippen LogP contribution in [0.15, 0.2) is 48.5 Å². The van der Waals surface area contributed by atoms with Crippen LogP contribution in [0.2, 0.25) is 0 Å². The Hall–Kier alpha value is -2.73. The van der Waals surface area contributed by atoms with Gasteiger partial charge in [0.1, 0.15) is 13.2 Å². The van der Waals surface area contributed by atoms with E-state index in [0.29, 0.717) is 37.5 Å². The summed E-state index contributed by atoms with van der Waals surface area (Å²) in [5.74, 6) is 2.46. The van der Waals surface area contributed by atoms with Crippen LogP contribution in [-0.2, 0) is 4.79 Å². The molecule has 2 atom stereocenters. The van der Waals surface area contributed by atoms with Crippen molar-refractivity contribution in [3.05, 3.63) is 54.1 Å². The van der Waals surface area contributed by atoms with Crippen LogP contribution < -0.4 is 14.4 Å². The Morgan fingerprint density at radius 3 is 2.55 bits per heavy atom. The highest BCUT2D eigenvalue weighted by Gasteiger charge is 2.36. The maximum atomic E-state index is 12.4. The third kappa shape index (κ3) is 4.67. The Morgan fingerprint density at radius 2 is 1.76 bits per heavy atom. The Balaban J connectivity index is 1.22. The molecule has 0 N–H and O–H groups in total. The minimum atomic E-state index is 0.314. The van der Waals surface area contributed by atoms with Gasteiger partial charge in [0.05, 0.1) is 5.69 Å². The Labute approximate surface area is 197 Å². The second-order valence-corrected chi connectivity index (χ2v) is 9.22. The summed E-state index contributed by atoms with van der Waals surface area (Å²) in [7, 11) is 0. The quantitative estimate of drug-likeness (QED) is 0.644. The maximum absolute atomic E-state index is 12.4. The molecule has 2 fully saturated rings. The summed E-state index contributed by atoms with van der Waals surface area (Å²) >= 11 is 0. The fourth-order valence-electron chi connectivity index (χ4n) is 5.71. The summed E-state index contributed by atoms with van der Waals surface area (Å²) in [6.45, 7) is 9.24. The maximum Gasteiger partial charge on any atom is 0.222 e. The second-order valence-electron chi connectivity index (χ2n) is 9.22. The minimum absolute atomic E-state index is 0.314. The molecular formula is C27H35N3O3. The van der Waals surface area contributed by atoms with Gasteiger partial charge in [-0.05, 0) is 44.0 Å². The van der Waals surface area contributed by atoms with Crippen LogP contribution in [0.25, 0.3) is 0 Å². The number of nitrogens with zero attached hydrogens (tertiary/aromatic N) is 3. The highest BCUT2D eigenvalue weighted by molar-refractivity contribution is 5.79. The fourth-order valence-corrected chi connectivity index (χ4v) is 5.71. The zero-order chi connectivity index (χ0) is 22.6. The number of likely N-dealkylation sites (tertiary alicyclic amines) is 1. The van der Waals surface area contributed by atoms with Gasteiger partial charge in [0.25, 0.3) is 0 Å². The lowest BCUT2D eigenvalue weighted by molar-refractivity contribution is -0.129. The molecule has 6 heteroatoms. The second kappa shape index (κ2) is 10.0. The van der Waals surface area contributed by atoms with Crippen molar-refractivity contribution >= 4 is 11.6 Å². The van der Waals surface area contributed by atoms with Crippen LogP contribution in [0.3, 0.4) is 0 Å². The molecule has 33 heavy (non-hydrogen) atoms. The van der Waals surface area contributed by atoms with Crippen LogP contribution in [0.1, 0.15) is 37.7 Å². The molecule has 2 saturated heterocycles. The van der Waals surface area contributed by atoms with Gasteiger partial charge in [-0.2, -0.15) is 0 Å². The number of carbonyl (C=O) groups is 1. The molecule has 0 unspecified atom stereocenters. The topological polar surface area (TPSA) is 45.3 Å². The molecule has 2 aromatic carbocycles. The summed E-state index contributed by atoms with van der Waals surface area (Å²) in [4.78, 5) is 19.5. The molecule has 0 saturated carbocycles. The lowest BCUT2D eigenvalue weighted by atomic mass is 9.86. The van der Waals surface area contributed by atoms with E-state index >= 15 is 0 Å². The summed E-state index contributed by atoms with van der Waals surface area (Å²) in [6, 6.07) is 17.3. The molecule has 0 spiro atoms. The summed E-state index contributed by atoms with van der Waals surface area (Å²) in [5, 5.41) is 0. The number of fused-ring (bicyclic) bond motifs is 1. The molecule has 3 aliphatic rings. The molecule has 176 valence electrons. The van der Waals surface area contributed by atoms with Crippen molar-refractivity contribution in [2.45, 2.75) is 38.1 Å². The van der Waals surface area contributed by atoms with E-state index in [1.54, 1.807) is 0 Å². The normalized spacial score (nSPS) is 22.0. The van der Waals surface area contributed by atoms with Crippen molar-refractivity contribution < 1.29 is 14.3 Å². The van der Waals surface area contributed by atoms with E-state index in [1.807, 2.05) is 6.07 Å². The Morgan fingerprint density at radius 1 is 0.970 bits per heavy atom. The van der Waals surface area contributed by atoms with Gasteiger partial charge in [0.15, 0.2) is 11.5 Å². The lowest BCUT2D eigenvalue weighted by Gasteiger charge is -2.38. The average molecular weight is 450 g/mol. The van der Waals surface area contributed by atoms with Gasteiger partial charge in [0, 0.05) is 51.1 Å². The highest BCUT2D eigenvalue weighted by atomic mass is 16.6. The predicted octanol–water partition coefficient (Wildman–Crippen LogP) is 3.76. The number of likely N-dealkylation sites (N-methyl/N-ethyl adjacent to an activating group) is 1. The van der Waals surface area contributed by atoms with E-state index < -0.39 is 0 Å². The fraction of sp³-hybridized carbons (Fsp3) is 0.519. The zero-order valence-electron chi connectivity index (χ0n) is 19.6. The first-order valence-electron chi connectivity index (χ1n) is 12.4. The number of rotatable bonds is 7. The van der Waals surface area contributed by atoms with Gasteiger partial charge in [-0.25, -0.2) is 0 Å². The van der Waals surface area contributed by atoms with Crippen molar-refractivity contribution in [1.29, 1.82) is 0 Å². The molecule has 0 radical (unpaired) electrons. The number of para-hydroxylation sites is 1. The van der Waals surface area contributed by atoms with Crippen LogP contribution in [-0.4, -0.2) is 74.2 Å². The van der Waals surface area contributed by atoms with E-state index in [4.69, 9.17) is 9.47 Å². The number of hydrogen-bond donors (Lipinski definition) is 0. The third-order valence-electron chi connectivity index (χ3n) is 7.42. The Bertz CT molecular complexity index is 943. The first kappa shape index (κ1) is 22.1. The molecule has 0 bridgehead atoms. The van der Waals surface area contributed by atoms with Gasteiger partial charge >= 0.3 is 0 Å². The van der Waals surface area contributed by atoms with Crippen molar-refractivity contribution in [3.8, 4) is 11.5 Å². The monoisotopic (exact) mass is 449 g/mol. The largest absolute Gasteiger partial charge is 0.486 e. The molecule has 1 amide bonds. The van der Waals surface area contributed by atoms with E-state index in [9.17, 15) is 4.79 Å². The van der Waals surface area contributed by atoms with Crippen LogP contribution in [0.5, 0.6) is 11.5 Å². The van der Waals surface area contributed by atoms with Crippen molar-refractivity contribution in [2.75, 3.05) is 57.4 Å². The van der Waals surface area contributed by atoms with Crippen LogP contribution in [0.4, 0.5) is 5.69 Å². The van der Waals surface area contributed by atoms with Crippen LogP contribution >= 0.6 is 0 Å². The van der Waals surface area contributed by atoms with Crippen molar-refractivity contribution in [3.63, 3.8) is 0 Å². The first-order chi connectivity index (χ1) is 16.2. The smallest absolute Gasteiger partial charge is 0.222 e. The van der Waals surface area contributed by atoms with Crippen LogP contribution in [0, 0.1) is 0 Å². The van der Waals surface area contributed by atoms with Gasteiger partial charge in [0.2, 0.25) is 5.91 Å². The van der Waals surface area contributed by atoms with E-state index in [2.05, 4.69) is 64.1 Å². The predicted molar refractivity (Wildman–Crippen MR) is 130 cm³/mol. The molecule has 0 aliphatic carbocycles. The lowest BCUT2D eigenvalue weighted by Crippen LogP contribution is -2.47. The SMILES string of the molecule is CCN1C(=O)CC[C@@H]1[C@H](CCN1CCN(c2cccc3c2OCCO3)CC1)c1ccccc1. The molecular weight excluding hydrogens is 414 g/mol. The molecule has 3 aliphatic heterocycles. The van der Waals surface area contributed by atoms with E-state index in [-0.39, 0.29) is 0 Å². The summed E-state index contributed by atoms with van der Waals surface area (Å²) in [5.41, 5.74) is 2.51. The first-order valence-corrected chi connectivity index (χ1v) is 12.4. The number of amides is 1. The number of piperazine rings is 1. The number of anilines is 1. The van der Waals surface area contributed by atoms with E-state index in [0.717, 1.165) is 69.3 Å². The van der Waals surface area contributed by atoms with Gasteiger partial charge in [-0.3, -0.25) is 9.69 Å². The molecule has 6 nitrogen and oxygen atoms in total. The highest BCUT2D eigenvalue weighted by Crippen LogP contribution is 2.40. The van der Waals surface area contributed by atoms with Crippen molar-refractivity contribution in [1.82, 2.24) is 9.80 Å². The standard InChI is InChI=1S/C27H35N3O3/c1-2-30-23(11-12-26(30)31)22(21-7-4-3-5-8-21)13-14-28-15-17-29(18-16-28)24-9-6-10-25-27(24)33-20-19-32-25/h3-10,22-23H,2,11-20H2,1H3/t22-,23-/m1/s1. The zero-order valence-corrected chi connectivity index (χ0v) is 19.6. The molecule has 3 heterocycles. The van der Waals surface area contributed by atoms with Crippen molar-refractivity contribution in [2.24, 2.45) is 0 Å². The summed E-state index contributed by atoms with van der Waals surface area (Å²) < 4.78 is 11.7.